The second-order valence-electron chi connectivity index (χ2n) is 8.26. The molecule has 11 heteroatoms. The highest BCUT2D eigenvalue weighted by Crippen LogP contribution is 2.37. The quantitative estimate of drug-likeness (QED) is 0.370. The van der Waals surface area contributed by atoms with Gasteiger partial charge in [0.1, 0.15) is 22.7 Å². The number of anilines is 1. The number of aromatic nitrogens is 3. The van der Waals surface area contributed by atoms with Gasteiger partial charge in [-0.1, -0.05) is 30.3 Å². The van der Waals surface area contributed by atoms with Crippen molar-refractivity contribution in [2.24, 2.45) is 0 Å². The van der Waals surface area contributed by atoms with Gasteiger partial charge in [0.25, 0.3) is 11.6 Å². The first-order valence-corrected chi connectivity index (χ1v) is 12.1. The molecule has 0 saturated carbocycles. The van der Waals surface area contributed by atoms with Crippen LogP contribution in [0.1, 0.15) is 34.4 Å². The van der Waals surface area contributed by atoms with Gasteiger partial charge in [-0.25, -0.2) is 4.98 Å². The Kier molecular flexibility index (Phi) is 6.18. The van der Waals surface area contributed by atoms with E-state index in [1.807, 2.05) is 29.3 Å². The standard InChI is InChI=1S/C24H22F3N5O2S/c1-2-5-18-28-21(31-9-11-32(12-10-31)23(33)17-8-4-13-35-17)19-20(30-34-22(19)29-18)15-6-3-7-16(14-15)24(25,26)27/h3-4,6-8,13-14H,2,5,9-12H2,1H3. The number of thiophene rings is 1. The third-order valence-electron chi connectivity index (χ3n) is 5.90. The van der Waals surface area contributed by atoms with Gasteiger partial charge in [-0.05, 0) is 30.0 Å². The zero-order chi connectivity index (χ0) is 24.6. The lowest BCUT2D eigenvalue weighted by molar-refractivity contribution is -0.137. The number of carbonyl (C=O) groups is 1. The van der Waals surface area contributed by atoms with E-state index in [1.165, 1.54) is 17.4 Å². The van der Waals surface area contributed by atoms with Crippen molar-refractivity contribution in [3.05, 3.63) is 58.0 Å². The van der Waals surface area contributed by atoms with Crippen LogP contribution in [-0.2, 0) is 12.6 Å². The summed E-state index contributed by atoms with van der Waals surface area (Å²) in [6.45, 7) is 4.03. The Morgan fingerprint density at radius 3 is 2.60 bits per heavy atom. The van der Waals surface area contributed by atoms with Crippen LogP contribution in [0.4, 0.5) is 19.0 Å². The fourth-order valence-electron chi connectivity index (χ4n) is 4.16. The highest BCUT2D eigenvalue weighted by molar-refractivity contribution is 7.12. The molecule has 4 heterocycles. The Morgan fingerprint density at radius 1 is 1.11 bits per heavy atom. The fourth-order valence-corrected chi connectivity index (χ4v) is 4.85. The van der Waals surface area contributed by atoms with Gasteiger partial charge >= 0.3 is 6.18 Å². The number of hydrogen-bond acceptors (Lipinski definition) is 7. The van der Waals surface area contributed by atoms with Gasteiger partial charge in [-0.2, -0.15) is 18.2 Å². The Labute approximate surface area is 203 Å². The van der Waals surface area contributed by atoms with E-state index in [2.05, 4.69) is 10.1 Å². The monoisotopic (exact) mass is 501 g/mol. The van der Waals surface area contributed by atoms with Crippen LogP contribution in [-0.4, -0.2) is 52.1 Å². The number of benzene rings is 1. The van der Waals surface area contributed by atoms with Crippen LogP contribution in [0.2, 0.25) is 0 Å². The molecule has 0 N–H and O–H groups in total. The molecule has 4 aromatic rings. The topological polar surface area (TPSA) is 75.4 Å². The minimum absolute atomic E-state index is 0.00575. The molecule has 1 fully saturated rings. The Balaban J connectivity index is 1.51. The summed E-state index contributed by atoms with van der Waals surface area (Å²) in [5.41, 5.74) is 0.0132. The van der Waals surface area contributed by atoms with Crippen molar-refractivity contribution in [1.29, 1.82) is 0 Å². The van der Waals surface area contributed by atoms with E-state index in [4.69, 9.17) is 9.51 Å². The van der Waals surface area contributed by atoms with Gasteiger partial charge in [-0.15, -0.1) is 11.3 Å². The maximum absolute atomic E-state index is 13.3. The number of aryl methyl sites for hydroxylation is 1. The Bertz CT molecular complexity index is 1350. The van der Waals surface area contributed by atoms with Gasteiger partial charge in [-0.3, -0.25) is 4.79 Å². The minimum atomic E-state index is -4.48. The van der Waals surface area contributed by atoms with Crippen molar-refractivity contribution in [1.82, 2.24) is 20.0 Å². The van der Waals surface area contributed by atoms with Gasteiger partial charge in [0.2, 0.25) is 0 Å². The lowest BCUT2D eigenvalue weighted by atomic mass is 10.1. The number of amides is 1. The van der Waals surface area contributed by atoms with Gasteiger partial charge in [0.05, 0.1) is 10.4 Å². The van der Waals surface area contributed by atoms with Crippen LogP contribution >= 0.6 is 11.3 Å². The van der Waals surface area contributed by atoms with Crippen molar-refractivity contribution in [3.8, 4) is 11.3 Å². The summed E-state index contributed by atoms with van der Waals surface area (Å²) in [5, 5.41) is 6.43. The highest BCUT2D eigenvalue weighted by atomic mass is 32.1. The Hall–Kier alpha value is -3.47. The van der Waals surface area contributed by atoms with Crippen molar-refractivity contribution in [2.75, 3.05) is 31.1 Å². The first-order valence-electron chi connectivity index (χ1n) is 11.3. The summed E-state index contributed by atoms with van der Waals surface area (Å²) >= 11 is 1.41. The average molecular weight is 502 g/mol. The molecule has 0 bridgehead atoms. The van der Waals surface area contributed by atoms with Crippen LogP contribution in [0, 0.1) is 0 Å². The molecule has 1 aromatic carbocycles. The second-order valence-corrected chi connectivity index (χ2v) is 9.21. The average Bonchev–Trinajstić information content (AvgIpc) is 3.54. The van der Waals surface area contributed by atoms with E-state index < -0.39 is 11.7 Å². The van der Waals surface area contributed by atoms with Crippen molar-refractivity contribution in [3.63, 3.8) is 0 Å². The number of carbonyl (C=O) groups excluding carboxylic acids is 1. The molecular formula is C24H22F3N5O2S. The third-order valence-corrected chi connectivity index (χ3v) is 6.76. The van der Waals surface area contributed by atoms with E-state index in [9.17, 15) is 18.0 Å². The molecule has 3 aromatic heterocycles. The normalized spacial score (nSPS) is 14.6. The van der Waals surface area contributed by atoms with Gasteiger partial charge in [0, 0.05) is 38.2 Å². The first-order chi connectivity index (χ1) is 16.8. The van der Waals surface area contributed by atoms with E-state index in [-0.39, 0.29) is 22.9 Å². The van der Waals surface area contributed by atoms with E-state index in [1.54, 1.807) is 11.0 Å². The molecule has 35 heavy (non-hydrogen) atoms. The summed E-state index contributed by atoms with van der Waals surface area (Å²) in [4.78, 5) is 26.5. The maximum atomic E-state index is 13.3. The predicted octanol–water partition coefficient (Wildman–Crippen LogP) is 5.28. The number of alkyl halides is 3. The van der Waals surface area contributed by atoms with Gasteiger partial charge in [0.15, 0.2) is 0 Å². The Morgan fingerprint density at radius 2 is 1.91 bits per heavy atom. The molecule has 1 aliphatic heterocycles. The SMILES string of the molecule is CCCc1nc(N2CCN(C(=O)c3cccs3)CC2)c2c(-c3cccc(C(F)(F)F)c3)noc2n1. The van der Waals surface area contributed by atoms with Crippen LogP contribution < -0.4 is 4.90 Å². The minimum Gasteiger partial charge on any atom is -0.352 e. The molecule has 0 atom stereocenters. The number of hydrogen-bond donors (Lipinski definition) is 0. The molecular weight excluding hydrogens is 479 g/mol. The molecule has 182 valence electrons. The van der Waals surface area contributed by atoms with Crippen LogP contribution in [0.25, 0.3) is 22.4 Å². The predicted molar refractivity (Wildman–Crippen MR) is 126 cm³/mol. The molecule has 0 spiro atoms. The summed E-state index contributed by atoms with van der Waals surface area (Å²) < 4.78 is 45.5. The number of rotatable bonds is 5. The van der Waals surface area contributed by atoms with E-state index in [0.29, 0.717) is 54.5 Å². The molecule has 0 unspecified atom stereocenters. The number of piperazine rings is 1. The van der Waals surface area contributed by atoms with Gasteiger partial charge < -0.3 is 14.3 Å². The van der Waals surface area contributed by atoms with Crippen LogP contribution in [0.3, 0.4) is 0 Å². The highest BCUT2D eigenvalue weighted by Gasteiger charge is 2.32. The van der Waals surface area contributed by atoms with E-state index in [0.717, 1.165) is 18.6 Å². The molecule has 1 saturated heterocycles. The largest absolute Gasteiger partial charge is 0.416 e. The van der Waals surface area contributed by atoms with Crippen molar-refractivity contribution in [2.45, 2.75) is 25.9 Å². The van der Waals surface area contributed by atoms with Crippen LogP contribution in [0.15, 0.2) is 46.3 Å². The number of halogens is 3. The molecule has 5 rings (SSSR count). The van der Waals surface area contributed by atoms with Crippen LogP contribution in [0.5, 0.6) is 0 Å². The molecule has 1 aliphatic rings. The lowest BCUT2D eigenvalue weighted by Crippen LogP contribution is -2.49. The first kappa shape index (κ1) is 23.3. The summed E-state index contributed by atoms with van der Waals surface area (Å²) in [6, 6.07) is 8.64. The fraction of sp³-hybridized carbons (Fsp3) is 0.333. The summed E-state index contributed by atoms with van der Waals surface area (Å²) in [6.07, 6.45) is -3.03. The molecule has 0 radical (unpaired) electrons. The molecule has 1 amide bonds. The summed E-state index contributed by atoms with van der Waals surface area (Å²) in [5.74, 6) is 1.14. The maximum Gasteiger partial charge on any atom is 0.416 e. The van der Waals surface area contributed by atoms with E-state index >= 15 is 0 Å². The number of nitrogens with zero attached hydrogens (tertiary/aromatic N) is 5. The van der Waals surface area contributed by atoms with Crippen molar-refractivity contribution < 1.29 is 22.5 Å². The lowest BCUT2D eigenvalue weighted by Gasteiger charge is -2.35. The smallest absolute Gasteiger partial charge is 0.352 e. The zero-order valence-corrected chi connectivity index (χ0v) is 19.7. The van der Waals surface area contributed by atoms with Crippen molar-refractivity contribution >= 4 is 34.2 Å². The third kappa shape index (κ3) is 4.60. The summed E-state index contributed by atoms with van der Waals surface area (Å²) in [7, 11) is 0. The molecule has 0 aliphatic carbocycles. The zero-order valence-electron chi connectivity index (χ0n) is 18.9. The second kappa shape index (κ2) is 9.29. The number of fused-ring (bicyclic) bond motifs is 1. The molecule has 7 nitrogen and oxygen atoms in total.